The van der Waals surface area contributed by atoms with Crippen molar-refractivity contribution in [1.82, 2.24) is 0 Å². The molecule has 0 spiro atoms. The molecule has 0 aliphatic carbocycles. The number of ether oxygens (including phenoxy) is 3. The van der Waals surface area contributed by atoms with Crippen LogP contribution in [0.25, 0.3) is 0 Å². The lowest BCUT2D eigenvalue weighted by Crippen LogP contribution is -2.12. The molecule has 0 bridgehead atoms. The molecule has 0 fully saturated rings. The summed E-state index contributed by atoms with van der Waals surface area (Å²) in [5.74, 6) is 0.265. The van der Waals surface area contributed by atoms with E-state index in [-0.39, 0.29) is 5.97 Å². The first kappa shape index (κ1) is 15.0. The smallest absolute Gasteiger partial charge is 0.462 e. The highest BCUT2D eigenvalue weighted by atomic mass is 16.7. The summed E-state index contributed by atoms with van der Waals surface area (Å²) in [7, 11) is 1.23. The van der Waals surface area contributed by atoms with Crippen molar-refractivity contribution >= 4 is 12.1 Å². The van der Waals surface area contributed by atoms with Crippen LogP contribution in [0.5, 0.6) is 5.75 Å². The molecule has 1 atom stereocenters. The molecule has 1 rings (SSSR count). The molecular weight excluding hydrogens is 248 g/mol. The predicted octanol–water partition coefficient (Wildman–Crippen LogP) is 3.03. The molecule has 0 saturated carbocycles. The van der Waals surface area contributed by atoms with Crippen LogP contribution < -0.4 is 4.74 Å². The Kier molecular flexibility index (Phi) is 5.85. The molecule has 0 aromatic heterocycles. The average molecular weight is 266 g/mol. The highest BCUT2D eigenvalue weighted by molar-refractivity contribution is 5.89. The zero-order valence-corrected chi connectivity index (χ0v) is 11.3. The molecule has 0 amide bonds. The van der Waals surface area contributed by atoms with Crippen molar-refractivity contribution in [3.05, 3.63) is 29.8 Å². The van der Waals surface area contributed by atoms with Gasteiger partial charge in [0.05, 0.1) is 19.3 Å². The van der Waals surface area contributed by atoms with Crippen molar-refractivity contribution in [2.24, 2.45) is 5.92 Å². The van der Waals surface area contributed by atoms with E-state index in [0.717, 1.165) is 6.42 Å². The Morgan fingerprint density at radius 2 is 1.84 bits per heavy atom. The fourth-order valence-corrected chi connectivity index (χ4v) is 1.22. The van der Waals surface area contributed by atoms with Crippen molar-refractivity contribution in [1.29, 1.82) is 0 Å². The maximum absolute atomic E-state index is 11.7. The van der Waals surface area contributed by atoms with E-state index in [1.807, 2.05) is 13.8 Å². The number of esters is 1. The van der Waals surface area contributed by atoms with Crippen molar-refractivity contribution in [2.75, 3.05) is 13.7 Å². The van der Waals surface area contributed by atoms with Crippen LogP contribution in [0.4, 0.5) is 4.79 Å². The molecule has 1 aromatic carbocycles. The third-order valence-corrected chi connectivity index (χ3v) is 2.65. The van der Waals surface area contributed by atoms with Crippen molar-refractivity contribution in [2.45, 2.75) is 20.3 Å². The Hall–Kier alpha value is -2.04. The molecule has 1 unspecified atom stereocenters. The van der Waals surface area contributed by atoms with Crippen LogP contribution in [0.2, 0.25) is 0 Å². The minimum atomic E-state index is -0.799. The second-order valence-corrected chi connectivity index (χ2v) is 4.19. The second kappa shape index (κ2) is 7.41. The lowest BCUT2D eigenvalue weighted by atomic mass is 10.1. The number of carbonyl (C=O) groups excluding carboxylic acids is 2. The summed E-state index contributed by atoms with van der Waals surface area (Å²) >= 11 is 0. The number of carbonyl (C=O) groups is 2. The summed E-state index contributed by atoms with van der Waals surface area (Å²) in [6.45, 7) is 4.45. The van der Waals surface area contributed by atoms with E-state index >= 15 is 0 Å². The first-order chi connectivity index (χ1) is 9.06. The summed E-state index contributed by atoms with van der Waals surface area (Å²) < 4.78 is 14.3. The van der Waals surface area contributed by atoms with Gasteiger partial charge in [0, 0.05) is 0 Å². The van der Waals surface area contributed by atoms with E-state index in [9.17, 15) is 9.59 Å². The second-order valence-electron chi connectivity index (χ2n) is 4.19. The zero-order chi connectivity index (χ0) is 14.3. The summed E-state index contributed by atoms with van der Waals surface area (Å²) in [6, 6.07) is 6.10. The van der Waals surface area contributed by atoms with Crippen LogP contribution in [0.15, 0.2) is 24.3 Å². The molecule has 19 heavy (non-hydrogen) atoms. The van der Waals surface area contributed by atoms with Gasteiger partial charge in [-0.3, -0.25) is 0 Å². The van der Waals surface area contributed by atoms with Crippen molar-refractivity contribution in [3.8, 4) is 5.75 Å². The molecule has 0 heterocycles. The highest BCUT2D eigenvalue weighted by Gasteiger charge is 2.10. The summed E-state index contributed by atoms with van der Waals surface area (Å²) in [4.78, 5) is 22.6. The Bertz CT molecular complexity index is 424. The van der Waals surface area contributed by atoms with E-state index in [1.165, 1.54) is 31.4 Å². The fourth-order valence-electron chi connectivity index (χ4n) is 1.22. The van der Waals surface area contributed by atoms with E-state index < -0.39 is 6.16 Å². The molecule has 0 N–H and O–H groups in total. The first-order valence-corrected chi connectivity index (χ1v) is 6.09. The van der Waals surface area contributed by atoms with Gasteiger partial charge in [0.1, 0.15) is 5.75 Å². The SMILES string of the molecule is CCC(C)COC(=O)c1ccc(OC(=O)OC)cc1. The minimum absolute atomic E-state index is 0.310. The number of hydrogen-bond donors (Lipinski definition) is 0. The van der Waals surface area contributed by atoms with Crippen molar-refractivity contribution in [3.63, 3.8) is 0 Å². The van der Waals surface area contributed by atoms with Gasteiger partial charge in [0.15, 0.2) is 0 Å². The molecule has 5 nitrogen and oxygen atoms in total. The van der Waals surface area contributed by atoms with E-state index in [1.54, 1.807) is 0 Å². The fraction of sp³-hybridized carbons (Fsp3) is 0.429. The Morgan fingerprint density at radius 3 is 2.37 bits per heavy atom. The van der Waals surface area contributed by atoms with Crippen LogP contribution >= 0.6 is 0 Å². The summed E-state index contributed by atoms with van der Waals surface area (Å²) in [6.07, 6.45) is 0.159. The van der Waals surface area contributed by atoms with Crippen LogP contribution in [0.1, 0.15) is 30.6 Å². The normalized spacial score (nSPS) is 11.5. The minimum Gasteiger partial charge on any atom is -0.462 e. The average Bonchev–Trinajstić information content (AvgIpc) is 2.44. The van der Waals surface area contributed by atoms with Gasteiger partial charge in [0.25, 0.3) is 0 Å². The molecule has 0 aliphatic rings. The van der Waals surface area contributed by atoms with Crippen LogP contribution in [-0.4, -0.2) is 25.8 Å². The van der Waals surface area contributed by atoms with Gasteiger partial charge in [-0.1, -0.05) is 20.3 Å². The van der Waals surface area contributed by atoms with E-state index in [0.29, 0.717) is 23.8 Å². The van der Waals surface area contributed by atoms with Crippen LogP contribution in [0.3, 0.4) is 0 Å². The number of rotatable bonds is 5. The lowest BCUT2D eigenvalue weighted by molar-refractivity contribution is 0.0447. The van der Waals surface area contributed by atoms with E-state index in [2.05, 4.69) is 4.74 Å². The van der Waals surface area contributed by atoms with Gasteiger partial charge >= 0.3 is 12.1 Å². The third kappa shape index (κ3) is 4.99. The summed E-state index contributed by atoms with van der Waals surface area (Å²) in [5, 5.41) is 0. The largest absolute Gasteiger partial charge is 0.513 e. The number of methoxy groups -OCH3 is 1. The van der Waals surface area contributed by atoms with E-state index in [4.69, 9.17) is 9.47 Å². The molecule has 0 aliphatic heterocycles. The maximum Gasteiger partial charge on any atom is 0.513 e. The molecule has 104 valence electrons. The zero-order valence-electron chi connectivity index (χ0n) is 11.3. The maximum atomic E-state index is 11.7. The first-order valence-electron chi connectivity index (χ1n) is 6.09. The van der Waals surface area contributed by atoms with Gasteiger partial charge in [-0.25, -0.2) is 9.59 Å². The van der Waals surface area contributed by atoms with Gasteiger partial charge in [-0.2, -0.15) is 0 Å². The molecular formula is C14H18O5. The van der Waals surface area contributed by atoms with Crippen LogP contribution in [-0.2, 0) is 9.47 Å². The summed E-state index contributed by atoms with van der Waals surface area (Å²) in [5.41, 5.74) is 0.417. The monoisotopic (exact) mass is 266 g/mol. The van der Waals surface area contributed by atoms with Crippen molar-refractivity contribution < 1.29 is 23.8 Å². The molecule has 0 radical (unpaired) electrons. The number of benzene rings is 1. The quantitative estimate of drug-likeness (QED) is 0.605. The Labute approximate surface area is 112 Å². The highest BCUT2D eigenvalue weighted by Crippen LogP contribution is 2.14. The van der Waals surface area contributed by atoms with Gasteiger partial charge in [-0.15, -0.1) is 0 Å². The third-order valence-electron chi connectivity index (χ3n) is 2.65. The predicted molar refractivity (Wildman–Crippen MR) is 69.2 cm³/mol. The Morgan fingerprint density at radius 1 is 1.21 bits per heavy atom. The van der Waals surface area contributed by atoms with Gasteiger partial charge in [0.2, 0.25) is 0 Å². The molecule has 1 aromatic rings. The van der Waals surface area contributed by atoms with Gasteiger partial charge in [-0.05, 0) is 30.2 Å². The topological polar surface area (TPSA) is 61.8 Å². The lowest BCUT2D eigenvalue weighted by Gasteiger charge is -2.09. The standard InChI is InChI=1S/C14H18O5/c1-4-10(2)9-18-13(15)11-5-7-12(8-6-11)19-14(16)17-3/h5-8,10H,4,9H2,1-3H3. The van der Waals surface area contributed by atoms with Gasteiger partial charge < -0.3 is 14.2 Å². The number of hydrogen-bond acceptors (Lipinski definition) is 5. The molecule has 0 saturated heterocycles. The Balaban J connectivity index is 2.55. The molecule has 5 heteroatoms. The van der Waals surface area contributed by atoms with Crippen LogP contribution in [0, 0.1) is 5.92 Å².